The van der Waals surface area contributed by atoms with Crippen molar-refractivity contribution in [3.05, 3.63) is 28.5 Å². The zero-order valence-corrected chi connectivity index (χ0v) is 12.1. The van der Waals surface area contributed by atoms with Crippen LogP contribution in [0.5, 0.6) is 0 Å². The molecule has 3 nitrogen and oxygen atoms in total. The summed E-state index contributed by atoms with van der Waals surface area (Å²) < 4.78 is 37.1. The Morgan fingerprint density at radius 1 is 1.41 bits per heavy atom. The first-order chi connectivity index (χ1) is 7.83. The van der Waals surface area contributed by atoms with Crippen molar-refractivity contribution in [1.82, 2.24) is 0 Å². The Morgan fingerprint density at radius 2 is 2.06 bits per heavy atom. The Bertz CT molecular complexity index is 488. The van der Waals surface area contributed by atoms with Gasteiger partial charge in [-0.3, -0.25) is 0 Å². The van der Waals surface area contributed by atoms with Crippen molar-refractivity contribution in [2.45, 2.75) is 19.1 Å². The average molecular weight is 324 g/mol. The fourth-order valence-electron chi connectivity index (χ4n) is 1.20. The van der Waals surface area contributed by atoms with E-state index in [-0.39, 0.29) is 12.3 Å². The van der Waals surface area contributed by atoms with Crippen LogP contribution in [-0.4, -0.2) is 26.0 Å². The summed E-state index contributed by atoms with van der Waals surface area (Å²) in [7, 11) is -3.08. The van der Waals surface area contributed by atoms with Crippen LogP contribution >= 0.6 is 15.9 Å². The van der Waals surface area contributed by atoms with Gasteiger partial charge in [0, 0.05) is 11.0 Å². The molecule has 96 valence electrons. The van der Waals surface area contributed by atoms with Gasteiger partial charge in [0.1, 0.15) is 5.82 Å². The molecule has 0 fully saturated rings. The third kappa shape index (κ3) is 4.27. The maximum Gasteiger partial charge on any atom is 0.154 e. The van der Waals surface area contributed by atoms with Crippen LogP contribution in [0, 0.1) is 5.82 Å². The summed E-state index contributed by atoms with van der Waals surface area (Å²) in [5, 5.41) is 2.37. The zero-order chi connectivity index (χ0) is 13.1. The van der Waals surface area contributed by atoms with Crippen molar-refractivity contribution in [2.75, 3.05) is 17.6 Å². The summed E-state index contributed by atoms with van der Waals surface area (Å²) in [4.78, 5) is 0. The van der Waals surface area contributed by atoms with E-state index in [9.17, 15) is 12.8 Å². The molecule has 0 amide bonds. The highest BCUT2D eigenvalue weighted by atomic mass is 79.9. The molecule has 0 aliphatic carbocycles. The molecule has 0 bridgehead atoms. The predicted molar refractivity (Wildman–Crippen MR) is 71.5 cm³/mol. The topological polar surface area (TPSA) is 46.2 Å². The summed E-state index contributed by atoms with van der Waals surface area (Å²) in [6, 6.07) is 4.60. The van der Waals surface area contributed by atoms with E-state index in [0.29, 0.717) is 10.2 Å². The van der Waals surface area contributed by atoms with Gasteiger partial charge in [0.15, 0.2) is 9.84 Å². The summed E-state index contributed by atoms with van der Waals surface area (Å²) in [5.74, 6) is -0.401. The summed E-state index contributed by atoms with van der Waals surface area (Å²) in [6.07, 6.45) is 0. The fraction of sp³-hybridized carbons (Fsp3) is 0.455. The highest BCUT2D eigenvalue weighted by molar-refractivity contribution is 9.10. The second-order valence-corrected chi connectivity index (χ2v) is 7.56. The molecule has 6 heteroatoms. The van der Waals surface area contributed by atoms with E-state index in [1.807, 2.05) is 0 Å². The van der Waals surface area contributed by atoms with E-state index >= 15 is 0 Å². The van der Waals surface area contributed by atoms with Gasteiger partial charge in [-0.15, -0.1) is 0 Å². The third-order valence-corrected chi connectivity index (χ3v) is 5.05. The number of hydrogen-bond acceptors (Lipinski definition) is 3. The van der Waals surface area contributed by atoms with Crippen LogP contribution in [0.2, 0.25) is 0 Å². The number of nitrogens with one attached hydrogen (secondary N) is 1. The molecule has 0 saturated heterocycles. The number of rotatable bonds is 5. The molecule has 1 N–H and O–H groups in total. The molecule has 0 atom stereocenters. The molecule has 0 aliphatic heterocycles. The largest absolute Gasteiger partial charge is 0.382 e. The van der Waals surface area contributed by atoms with Crippen molar-refractivity contribution < 1.29 is 12.8 Å². The van der Waals surface area contributed by atoms with Gasteiger partial charge < -0.3 is 5.32 Å². The summed E-state index contributed by atoms with van der Waals surface area (Å²) >= 11 is 3.15. The Hall–Kier alpha value is -0.620. The minimum absolute atomic E-state index is 0.000169. The molecule has 1 aromatic carbocycles. The maximum absolute atomic E-state index is 13.4. The molecule has 0 unspecified atom stereocenters. The molecule has 0 heterocycles. The third-order valence-electron chi connectivity index (χ3n) is 2.35. The molecular formula is C11H15BrFNO2S. The lowest BCUT2D eigenvalue weighted by Gasteiger charge is -2.10. The van der Waals surface area contributed by atoms with Crippen LogP contribution in [0.1, 0.15) is 13.8 Å². The minimum Gasteiger partial charge on any atom is -0.382 e. The molecule has 0 radical (unpaired) electrons. The van der Waals surface area contributed by atoms with Crippen molar-refractivity contribution in [2.24, 2.45) is 0 Å². The van der Waals surface area contributed by atoms with Gasteiger partial charge in [0.25, 0.3) is 0 Å². The second kappa shape index (κ2) is 5.82. The van der Waals surface area contributed by atoms with E-state index in [1.165, 1.54) is 6.07 Å². The Balaban J connectivity index is 2.58. The van der Waals surface area contributed by atoms with Gasteiger partial charge in [-0.2, -0.15) is 0 Å². The number of sulfone groups is 1. The van der Waals surface area contributed by atoms with E-state index in [4.69, 9.17) is 0 Å². The van der Waals surface area contributed by atoms with Gasteiger partial charge in [0.2, 0.25) is 0 Å². The molecule has 1 aromatic rings. The predicted octanol–water partition coefficient (Wildman–Crippen LogP) is 2.82. The van der Waals surface area contributed by atoms with Crippen LogP contribution in [0.25, 0.3) is 0 Å². The molecule has 0 aromatic heterocycles. The van der Waals surface area contributed by atoms with Crippen LogP contribution in [0.4, 0.5) is 10.1 Å². The van der Waals surface area contributed by atoms with E-state index < -0.39 is 20.9 Å². The standard InChI is InChI=1S/C11H15BrFNO2S/c1-8(2)17(15,16)6-5-14-11-4-3-9(12)7-10(11)13/h3-4,7-8,14H,5-6H2,1-2H3. The van der Waals surface area contributed by atoms with E-state index in [0.717, 1.165) is 0 Å². The number of benzene rings is 1. The lowest BCUT2D eigenvalue weighted by molar-refractivity contribution is 0.587. The molecule has 0 spiro atoms. The van der Waals surface area contributed by atoms with Crippen molar-refractivity contribution in [3.63, 3.8) is 0 Å². The second-order valence-electron chi connectivity index (χ2n) is 3.97. The Morgan fingerprint density at radius 3 is 2.59 bits per heavy atom. The van der Waals surface area contributed by atoms with Crippen molar-refractivity contribution in [3.8, 4) is 0 Å². The summed E-state index contributed by atoms with van der Waals surface area (Å²) in [6.45, 7) is 3.48. The lowest BCUT2D eigenvalue weighted by atomic mass is 10.3. The highest BCUT2D eigenvalue weighted by Gasteiger charge is 2.15. The normalized spacial score (nSPS) is 11.8. The lowest BCUT2D eigenvalue weighted by Crippen LogP contribution is -2.23. The molecule has 17 heavy (non-hydrogen) atoms. The Kier molecular flexibility index (Phi) is 4.94. The van der Waals surface area contributed by atoms with E-state index in [2.05, 4.69) is 21.2 Å². The SMILES string of the molecule is CC(C)S(=O)(=O)CCNc1ccc(Br)cc1F. The van der Waals surface area contributed by atoms with Crippen LogP contribution in [0.3, 0.4) is 0 Å². The monoisotopic (exact) mass is 323 g/mol. The molecular weight excluding hydrogens is 309 g/mol. The van der Waals surface area contributed by atoms with Crippen LogP contribution in [0.15, 0.2) is 22.7 Å². The zero-order valence-electron chi connectivity index (χ0n) is 9.70. The quantitative estimate of drug-likeness (QED) is 0.906. The van der Waals surface area contributed by atoms with Gasteiger partial charge in [-0.25, -0.2) is 12.8 Å². The first-order valence-electron chi connectivity index (χ1n) is 5.23. The molecule has 0 saturated carbocycles. The first kappa shape index (κ1) is 14.4. The number of hydrogen-bond donors (Lipinski definition) is 1. The number of anilines is 1. The Labute approximate surface area is 109 Å². The average Bonchev–Trinajstić information content (AvgIpc) is 2.21. The maximum atomic E-state index is 13.4. The number of halogens is 2. The summed E-state index contributed by atoms with van der Waals surface area (Å²) in [5.41, 5.74) is 0.312. The van der Waals surface area contributed by atoms with Crippen LogP contribution in [-0.2, 0) is 9.84 Å². The van der Waals surface area contributed by atoms with Gasteiger partial charge in [-0.05, 0) is 32.0 Å². The first-order valence-corrected chi connectivity index (χ1v) is 7.74. The van der Waals surface area contributed by atoms with Crippen LogP contribution < -0.4 is 5.32 Å². The van der Waals surface area contributed by atoms with Crippen molar-refractivity contribution >= 4 is 31.5 Å². The molecule has 0 aliphatic rings. The van der Waals surface area contributed by atoms with Gasteiger partial charge in [-0.1, -0.05) is 15.9 Å². The highest BCUT2D eigenvalue weighted by Crippen LogP contribution is 2.19. The van der Waals surface area contributed by atoms with E-state index in [1.54, 1.807) is 26.0 Å². The minimum atomic E-state index is -3.08. The smallest absolute Gasteiger partial charge is 0.154 e. The molecule has 1 rings (SSSR count). The van der Waals surface area contributed by atoms with Crippen molar-refractivity contribution in [1.29, 1.82) is 0 Å². The van der Waals surface area contributed by atoms with Gasteiger partial charge >= 0.3 is 0 Å². The fourth-order valence-corrected chi connectivity index (χ4v) is 2.39. The van der Waals surface area contributed by atoms with Gasteiger partial charge in [0.05, 0.1) is 16.7 Å².